The number of aryl methyl sites for hydroxylation is 1. The first-order valence-electron chi connectivity index (χ1n) is 6.62. The fourth-order valence-corrected chi connectivity index (χ4v) is 2.44. The first kappa shape index (κ1) is 12.4. The van der Waals surface area contributed by atoms with Crippen molar-refractivity contribution in [3.8, 4) is 0 Å². The van der Waals surface area contributed by atoms with E-state index in [-0.39, 0.29) is 0 Å². The second-order valence-electron chi connectivity index (χ2n) is 4.99. The Hall–Kier alpha value is -1.59. The van der Waals surface area contributed by atoms with E-state index in [2.05, 4.69) is 28.3 Å². The molecule has 1 fully saturated rings. The molecule has 5 nitrogen and oxygen atoms in total. The van der Waals surface area contributed by atoms with Crippen LogP contribution in [-0.4, -0.2) is 44.4 Å². The van der Waals surface area contributed by atoms with Crippen molar-refractivity contribution in [1.82, 2.24) is 10.3 Å². The number of benzene rings is 1. The lowest BCUT2D eigenvalue weighted by atomic mass is 10.2. The smallest absolute Gasteiger partial charge is 0.192 e. The van der Waals surface area contributed by atoms with Gasteiger partial charge in [-0.2, -0.15) is 0 Å². The van der Waals surface area contributed by atoms with Crippen molar-refractivity contribution in [2.24, 2.45) is 0 Å². The Kier molecular flexibility index (Phi) is 3.40. The molecule has 1 aromatic carbocycles. The number of fused-ring (bicyclic) bond motifs is 1. The van der Waals surface area contributed by atoms with E-state index in [0.29, 0.717) is 11.9 Å². The van der Waals surface area contributed by atoms with E-state index in [0.717, 1.165) is 43.1 Å². The lowest BCUT2D eigenvalue weighted by molar-refractivity contribution is 0.0791. The maximum absolute atomic E-state index is 5.57. The molecule has 1 aliphatic rings. The number of nitrogens with zero attached hydrogens (tertiary/aromatic N) is 2. The molecule has 0 spiro atoms. The number of nitrogens with one attached hydrogen (secondary N) is 1. The van der Waals surface area contributed by atoms with Gasteiger partial charge in [0.1, 0.15) is 5.52 Å². The fourth-order valence-electron chi connectivity index (χ4n) is 2.44. The molecule has 1 atom stereocenters. The first-order chi connectivity index (χ1) is 9.22. The normalized spacial score (nSPS) is 19.8. The van der Waals surface area contributed by atoms with Gasteiger partial charge < -0.3 is 19.4 Å². The molecule has 1 aromatic heterocycles. The van der Waals surface area contributed by atoms with Gasteiger partial charge in [0.15, 0.2) is 11.5 Å². The maximum Gasteiger partial charge on any atom is 0.192 e. The molecule has 102 valence electrons. The Morgan fingerprint density at radius 2 is 2.37 bits per heavy atom. The zero-order chi connectivity index (χ0) is 13.2. The second-order valence-corrected chi connectivity index (χ2v) is 4.99. The van der Waals surface area contributed by atoms with E-state index >= 15 is 0 Å². The van der Waals surface area contributed by atoms with Gasteiger partial charge in [-0.3, -0.25) is 0 Å². The van der Waals surface area contributed by atoms with E-state index < -0.39 is 0 Å². The van der Waals surface area contributed by atoms with Crippen LogP contribution in [0.4, 0.5) is 5.69 Å². The van der Waals surface area contributed by atoms with Crippen molar-refractivity contribution in [3.63, 3.8) is 0 Å². The molecule has 1 N–H and O–H groups in total. The van der Waals surface area contributed by atoms with Crippen LogP contribution in [0, 0.1) is 6.92 Å². The van der Waals surface area contributed by atoms with Crippen LogP contribution in [0.2, 0.25) is 0 Å². The number of likely N-dealkylation sites (N-methyl/N-ethyl adjacent to an activating group) is 1. The van der Waals surface area contributed by atoms with Crippen LogP contribution < -0.4 is 10.2 Å². The highest BCUT2D eigenvalue weighted by atomic mass is 16.5. The molecule has 0 saturated carbocycles. The van der Waals surface area contributed by atoms with Crippen molar-refractivity contribution in [3.05, 3.63) is 24.1 Å². The molecule has 3 rings (SSSR count). The van der Waals surface area contributed by atoms with Gasteiger partial charge in [-0.1, -0.05) is 0 Å². The molecule has 0 amide bonds. The van der Waals surface area contributed by atoms with Gasteiger partial charge in [-0.25, -0.2) is 4.98 Å². The van der Waals surface area contributed by atoms with Gasteiger partial charge >= 0.3 is 0 Å². The van der Waals surface area contributed by atoms with Gasteiger partial charge in [0.05, 0.1) is 13.2 Å². The number of ether oxygens (including phenoxy) is 1. The lowest BCUT2D eigenvalue weighted by Crippen LogP contribution is -2.47. The quantitative estimate of drug-likeness (QED) is 0.908. The summed E-state index contributed by atoms with van der Waals surface area (Å²) in [5, 5.41) is 3.46. The number of anilines is 1. The summed E-state index contributed by atoms with van der Waals surface area (Å²) in [7, 11) is 2.08. The zero-order valence-corrected chi connectivity index (χ0v) is 11.3. The molecule has 2 heterocycles. The highest BCUT2D eigenvalue weighted by Crippen LogP contribution is 2.22. The van der Waals surface area contributed by atoms with E-state index in [1.54, 1.807) is 0 Å². The number of rotatable bonds is 3. The topological polar surface area (TPSA) is 50.5 Å². The second kappa shape index (κ2) is 5.19. The van der Waals surface area contributed by atoms with Crippen LogP contribution in [0.3, 0.4) is 0 Å². The van der Waals surface area contributed by atoms with Gasteiger partial charge in [-0.15, -0.1) is 0 Å². The Morgan fingerprint density at radius 1 is 1.47 bits per heavy atom. The fraction of sp³-hybridized carbons (Fsp3) is 0.500. The third kappa shape index (κ3) is 2.72. The monoisotopic (exact) mass is 261 g/mol. The molecular weight excluding hydrogens is 242 g/mol. The maximum atomic E-state index is 5.57. The number of hydrogen-bond donors (Lipinski definition) is 1. The molecule has 1 unspecified atom stereocenters. The Labute approximate surface area is 112 Å². The molecule has 1 aliphatic heterocycles. The summed E-state index contributed by atoms with van der Waals surface area (Å²) in [6.07, 6.45) is 0. The predicted molar refractivity (Wildman–Crippen MR) is 74.6 cm³/mol. The van der Waals surface area contributed by atoms with Gasteiger partial charge in [-0.05, 0) is 12.1 Å². The number of aromatic nitrogens is 1. The molecule has 19 heavy (non-hydrogen) atoms. The summed E-state index contributed by atoms with van der Waals surface area (Å²) in [4.78, 5) is 6.52. The lowest BCUT2D eigenvalue weighted by Gasteiger charge is -2.29. The molecule has 0 bridgehead atoms. The summed E-state index contributed by atoms with van der Waals surface area (Å²) in [6.45, 7) is 5.29. The summed E-state index contributed by atoms with van der Waals surface area (Å²) in [5.41, 5.74) is 2.89. The number of oxazole rings is 1. The van der Waals surface area contributed by atoms with Crippen LogP contribution in [0.15, 0.2) is 22.6 Å². The summed E-state index contributed by atoms with van der Waals surface area (Å²) in [5.74, 6) is 0.706. The van der Waals surface area contributed by atoms with Crippen molar-refractivity contribution < 1.29 is 9.15 Å². The Morgan fingerprint density at radius 3 is 3.16 bits per heavy atom. The minimum Gasteiger partial charge on any atom is -0.441 e. The van der Waals surface area contributed by atoms with Crippen molar-refractivity contribution in [1.29, 1.82) is 0 Å². The number of morpholine rings is 1. The minimum absolute atomic E-state index is 0.380. The van der Waals surface area contributed by atoms with Gasteiger partial charge in [0.25, 0.3) is 0 Å². The Balaban J connectivity index is 1.74. The third-order valence-electron chi connectivity index (χ3n) is 3.41. The summed E-state index contributed by atoms with van der Waals surface area (Å²) in [6, 6.07) is 6.50. The standard InChI is InChI=1S/C14H19N3O2/c1-10-16-13-4-3-12(7-14(13)19-10)17(2)8-11-9-18-6-5-15-11/h3-4,7,11,15H,5-6,8-9H2,1-2H3. The van der Waals surface area contributed by atoms with Gasteiger partial charge in [0, 0.05) is 44.9 Å². The molecule has 5 heteroatoms. The predicted octanol–water partition coefficient (Wildman–Crippen LogP) is 1.56. The Bertz CT molecular complexity index is 561. The molecule has 1 saturated heterocycles. The van der Waals surface area contributed by atoms with Crippen LogP contribution in [0.25, 0.3) is 11.1 Å². The SMILES string of the molecule is Cc1nc2ccc(N(C)CC3COCCN3)cc2o1. The number of hydrogen-bond acceptors (Lipinski definition) is 5. The molecule has 0 aliphatic carbocycles. The molecule has 0 radical (unpaired) electrons. The minimum atomic E-state index is 0.380. The average Bonchev–Trinajstić information content (AvgIpc) is 2.78. The van der Waals surface area contributed by atoms with Crippen molar-refractivity contribution in [2.45, 2.75) is 13.0 Å². The largest absolute Gasteiger partial charge is 0.441 e. The van der Waals surface area contributed by atoms with E-state index in [4.69, 9.17) is 9.15 Å². The van der Waals surface area contributed by atoms with E-state index in [1.165, 1.54) is 0 Å². The van der Waals surface area contributed by atoms with Crippen LogP contribution in [-0.2, 0) is 4.74 Å². The van der Waals surface area contributed by atoms with E-state index in [1.807, 2.05) is 19.1 Å². The highest BCUT2D eigenvalue weighted by molar-refractivity contribution is 5.77. The molecule has 2 aromatic rings. The van der Waals surface area contributed by atoms with E-state index in [9.17, 15) is 0 Å². The van der Waals surface area contributed by atoms with Crippen molar-refractivity contribution >= 4 is 16.8 Å². The van der Waals surface area contributed by atoms with Crippen LogP contribution in [0.1, 0.15) is 5.89 Å². The first-order valence-corrected chi connectivity index (χ1v) is 6.62. The van der Waals surface area contributed by atoms with Crippen LogP contribution >= 0.6 is 0 Å². The summed E-state index contributed by atoms with van der Waals surface area (Å²) < 4.78 is 11.0. The van der Waals surface area contributed by atoms with Gasteiger partial charge in [0.2, 0.25) is 0 Å². The average molecular weight is 261 g/mol. The third-order valence-corrected chi connectivity index (χ3v) is 3.41. The highest BCUT2D eigenvalue weighted by Gasteiger charge is 2.16. The van der Waals surface area contributed by atoms with Crippen LogP contribution in [0.5, 0.6) is 0 Å². The molecular formula is C14H19N3O2. The zero-order valence-electron chi connectivity index (χ0n) is 11.3. The summed E-state index contributed by atoms with van der Waals surface area (Å²) >= 11 is 0. The van der Waals surface area contributed by atoms with Crippen molar-refractivity contribution in [2.75, 3.05) is 38.3 Å².